The smallest absolute Gasteiger partial charge is 0.269 e. The number of benzene rings is 1. The molecule has 1 aliphatic heterocycles. The van der Waals surface area contributed by atoms with E-state index >= 15 is 0 Å². The summed E-state index contributed by atoms with van der Waals surface area (Å²) in [5.74, 6) is -0.101. The number of carbonyl (C=O) groups is 3. The molecule has 31 heavy (non-hydrogen) atoms. The van der Waals surface area contributed by atoms with Crippen molar-refractivity contribution in [2.24, 2.45) is 0 Å². The van der Waals surface area contributed by atoms with Gasteiger partial charge in [-0.3, -0.25) is 19.7 Å². The van der Waals surface area contributed by atoms with Gasteiger partial charge in [0, 0.05) is 24.1 Å². The molecule has 3 heterocycles. The average molecular weight is 457 g/mol. The van der Waals surface area contributed by atoms with Gasteiger partial charge in [0.25, 0.3) is 5.91 Å². The van der Waals surface area contributed by atoms with Crippen LogP contribution in [0.4, 0.5) is 10.8 Å². The summed E-state index contributed by atoms with van der Waals surface area (Å²) >= 11 is 2.85. The number of thiophene rings is 1. The first kappa shape index (κ1) is 21.0. The minimum absolute atomic E-state index is 0.0792. The number of thiazole rings is 1. The second-order valence-electron chi connectivity index (χ2n) is 6.91. The lowest BCUT2D eigenvalue weighted by Gasteiger charge is -2.33. The van der Waals surface area contributed by atoms with Crippen molar-refractivity contribution < 1.29 is 19.1 Å². The Kier molecular flexibility index (Phi) is 6.01. The van der Waals surface area contributed by atoms with Gasteiger partial charge in [-0.2, -0.15) is 0 Å². The molecule has 0 spiro atoms. The van der Waals surface area contributed by atoms with E-state index < -0.39 is 6.10 Å². The van der Waals surface area contributed by atoms with E-state index in [2.05, 4.69) is 15.6 Å². The summed E-state index contributed by atoms with van der Waals surface area (Å²) in [6, 6.07) is 11.0. The van der Waals surface area contributed by atoms with Crippen molar-refractivity contribution in [3.63, 3.8) is 0 Å². The highest BCUT2D eigenvalue weighted by atomic mass is 32.1. The lowest BCUT2D eigenvalue weighted by atomic mass is 10.2. The molecule has 0 aliphatic carbocycles. The van der Waals surface area contributed by atoms with Crippen LogP contribution in [-0.4, -0.2) is 35.4 Å². The van der Waals surface area contributed by atoms with E-state index in [0.717, 1.165) is 15.4 Å². The minimum Gasteiger partial charge on any atom is -0.476 e. The summed E-state index contributed by atoms with van der Waals surface area (Å²) in [7, 11) is 0. The summed E-state index contributed by atoms with van der Waals surface area (Å²) < 4.78 is 5.83. The van der Waals surface area contributed by atoms with Gasteiger partial charge in [0.1, 0.15) is 5.75 Å². The molecule has 0 saturated heterocycles. The van der Waals surface area contributed by atoms with Crippen molar-refractivity contribution in [1.29, 1.82) is 0 Å². The maximum Gasteiger partial charge on any atom is 0.269 e. The highest BCUT2D eigenvalue weighted by Gasteiger charge is 2.32. The van der Waals surface area contributed by atoms with E-state index in [4.69, 9.17) is 4.74 Å². The van der Waals surface area contributed by atoms with E-state index in [1.807, 2.05) is 23.6 Å². The van der Waals surface area contributed by atoms with Crippen molar-refractivity contribution >= 4 is 51.2 Å². The quantitative estimate of drug-likeness (QED) is 0.614. The molecule has 160 valence electrons. The van der Waals surface area contributed by atoms with Crippen LogP contribution in [-0.2, 0) is 20.9 Å². The first-order valence-corrected chi connectivity index (χ1v) is 11.2. The molecule has 0 fully saturated rings. The van der Waals surface area contributed by atoms with Gasteiger partial charge in [0.2, 0.25) is 11.8 Å². The molecule has 1 atom stereocenters. The zero-order valence-corrected chi connectivity index (χ0v) is 18.5. The van der Waals surface area contributed by atoms with Gasteiger partial charge in [0.15, 0.2) is 11.2 Å². The van der Waals surface area contributed by atoms with Gasteiger partial charge in [-0.1, -0.05) is 12.1 Å². The third kappa shape index (κ3) is 4.75. The minimum atomic E-state index is -0.836. The topological polar surface area (TPSA) is 101 Å². The fourth-order valence-electron chi connectivity index (χ4n) is 3.12. The maximum absolute atomic E-state index is 12.8. The number of anilines is 2. The predicted molar refractivity (Wildman–Crippen MR) is 120 cm³/mol. The summed E-state index contributed by atoms with van der Waals surface area (Å²) in [6.07, 6.45) is -0.836. The molecule has 4 rings (SSSR count). The molecule has 1 aliphatic rings. The second-order valence-corrected chi connectivity index (χ2v) is 8.93. The van der Waals surface area contributed by atoms with Crippen LogP contribution < -0.4 is 20.3 Å². The zero-order valence-electron chi connectivity index (χ0n) is 16.9. The standard InChI is InChI=1S/C21H20N4O4S2/c1-12(26)22-9-14-7-8-19(31-14)15-11-30-21(23-15)24-20(28)18-10-25(13(2)27)16-5-3-4-6-17(16)29-18/h3-8,11,18H,9-10H2,1-2H3,(H,22,26)(H,23,24,28). The summed E-state index contributed by atoms with van der Waals surface area (Å²) in [6.45, 7) is 3.55. The van der Waals surface area contributed by atoms with E-state index in [1.165, 1.54) is 36.5 Å². The Labute approximate surface area is 186 Å². The Morgan fingerprint density at radius 3 is 2.77 bits per heavy atom. The van der Waals surface area contributed by atoms with E-state index in [-0.39, 0.29) is 24.3 Å². The molecule has 2 N–H and O–H groups in total. The fraction of sp³-hybridized carbons (Fsp3) is 0.238. The van der Waals surface area contributed by atoms with Crippen molar-refractivity contribution in [3.05, 3.63) is 46.7 Å². The van der Waals surface area contributed by atoms with Gasteiger partial charge < -0.3 is 15.0 Å². The van der Waals surface area contributed by atoms with Gasteiger partial charge in [-0.05, 0) is 24.3 Å². The third-order valence-corrected chi connectivity index (χ3v) is 6.47. The number of hydrogen-bond acceptors (Lipinski definition) is 7. The number of rotatable bonds is 5. The van der Waals surface area contributed by atoms with Crippen LogP contribution in [0.15, 0.2) is 41.8 Å². The number of amides is 3. The number of aromatic nitrogens is 1. The predicted octanol–water partition coefficient (Wildman–Crippen LogP) is 3.26. The number of ether oxygens (including phenoxy) is 1. The Balaban J connectivity index is 1.44. The van der Waals surface area contributed by atoms with Gasteiger partial charge in [0.05, 0.1) is 29.3 Å². The Hall–Kier alpha value is -3.24. The highest BCUT2D eigenvalue weighted by molar-refractivity contribution is 7.17. The van der Waals surface area contributed by atoms with Crippen LogP contribution in [0.1, 0.15) is 18.7 Å². The van der Waals surface area contributed by atoms with Crippen molar-refractivity contribution in [2.75, 3.05) is 16.8 Å². The lowest BCUT2D eigenvalue weighted by Crippen LogP contribution is -2.48. The number of carbonyl (C=O) groups excluding carboxylic acids is 3. The molecule has 10 heteroatoms. The zero-order chi connectivity index (χ0) is 22.0. The molecule has 3 amide bonds. The van der Waals surface area contributed by atoms with Gasteiger partial charge in [-0.25, -0.2) is 4.98 Å². The summed E-state index contributed by atoms with van der Waals surface area (Å²) in [5.41, 5.74) is 1.41. The Morgan fingerprint density at radius 1 is 1.19 bits per heavy atom. The number of nitrogens with one attached hydrogen (secondary N) is 2. The highest BCUT2D eigenvalue weighted by Crippen LogP contribution is 2.34. The van der Waals surface area contributed by atoms with Crippen LogP contribution in [0.3, 0.4) is 0 Å². The first-order valence-electron chi connectivity index (χ1n) is 9.54. The van der Waals surface area contributed by atoms with Crippen LogP contribution in [0.25, 0.3) is 10.6 Å². The number of nitrogens with zero attached hydrogens (tertiary/aromatic N) is 2. The van der Waals surface area contributed by atoms with Crippen LogP contribution in [0.2, 0.25) is 0 Å². The molecule has 0 radical (unpaired) electrons. The van der Waals surface area contributed by atoms with Gasteiger partial charge in [-0.15, -0.1) is 22.7 Å². The van der Waals surface area contributed by atoms with Gasteiger partial charge >= 0.3 is 0 Å². The number of hydrogen-bond donors (Lipinski definition) is 2. The molecular formula is C21H20N4O4S2. The van der Waals surface area contributed by atoms with E-state index in [1.54, 1.807) is 23.1 Å². The number of fused-ring (bicyclic) bond motifs is 1. The average Bonchev–Trinajstić information content (AvgIpc) is 3.40. The Bertz CT molecular complexity index is 1140. The SMILES string of the molecule is CC(=O)NCc1ccc(-c2csc(NC(=O)C3CN(C(C)=O)c4ccccc4O3)n2)s1. The summed E-state index contributed by atoms with van der Waals surface area (Å²) in [5, 5.41) is 7.88. The maximum atomic E-state index is 12.8. The molecule has 3 aromatic rings. The third-order valence-electron chi connectivity index (χ3n) is 4.61. The monoisotopic (exact) mass is 456 g/mol. The van der Waals surface area contributed by atoms with Crippen molar-refractivity contribution in [3.8, 4) is 16.3 Å². The fourth-order valence-corrected chi connectivity index (χ4v) is 4.82. The second kappa shape index (κ2) is 8.86. The largest absolute Gasteiger partial charge is 0.476 e. The van der Waals surface area contributed by atoms with E-state index in [0.29, 0.717) is 23.1 Å². The summed E-state index contributed by atoms with van der Waals surface area (Å²) in [4.78, 5) is 43.9. The molecule has 0 bridgehead atoms. The normalized spacial score (nSPS) is 15.0. The molecule has 8 nitrogen and oxygen atoms in total. The Morgan fingerprint density at radius 2 is 2.00 bits per heavy atom. The van der Waals surface area contributed by atoms with Crippen LogP contribution >= 0.6 is 22.7 Å². The molecule has 1 unspecified atom stereocenters. The molecule has 1 aromatic carbocycles. The first-order chi connectivity index (χ1) is 14.9. The van der Waals surface area contributed by atoms with Crippen molar-refractivity contribution in [1.82, 2.24) is 10.3 Å². The molecular weight excluding hydrogens is 436 g/mol. The molecule has 2 aromatic heterocycles. The van der Waals surface area contributed by atoms with Crippen LogP contribution in [0, 0.1) is 0 Å². The van der Waals surface area contributed by atoms with Crippen LogP contribution in [0.5, 0.6) is 5.75 Å². The number of para-hydroxylation sites is 2. The molecule has 0 saturated carbocycles. The van der Waals surface area contributed by atoms with Crippen molar-refractivity contribution in [2.45, 2.75) is 26.5 Å². The van der Waals surface area contributed by atoms with E-state index in [9.17, 15) is 14.4 Å². The lowest BCUT2D eigenvalue weighted by molar-refractivity contribution is -0.123.